The van der Waals surface area contributed by atoms with Crippen LogP contribution in [0.1, 0.15) is 11.4 Å². The quantitative estimate of drug-likeness (QED) is 0.514. The van der Waals surface area contributed by atoms with Crippen molar-refractivity contribution in [1.29, 1.82) is 0 Å². The summed E-state index contributed by atoms with van der Waals surface area (Å²) in [6.45, 7) is 4.37. The van der Waals surface area contributed by atoms with Gasteiger partial charge in [-0.05, 0) is 24.7 Å². The van der Waals surface area contributed by atoms with Crippen LogP contribution in [0.15, 0.2) is 29.3 Å². The fraction of sp³-hybridized carbons (Fsp3) is 0.444. The molecule has 0 radical (unpaired) electrons. The molecule has 0 spiro atoms. The summed E-state index contributed by atoms with van der Waals surface area (Å²) in [6, 6.07) is 7.21. The fourth-order valence-corrected chi connectivity index (χ4v) is 2.47. The summed E-state index contributed by atoms with van der Waals surface area (Å²) in [5, 5.41) is 12.4. The number of morpholine rings is 1. The number of aliphatic imine (C=N–C) groups is 1. The maximum atomic E-state index is 9.34. The fourth-order valence-electron chi connectivity index (χ4n) is 2.47. The van der Waals surface area contributed by atoms with Crippen LogP contribution in [-0.4, -0.2) is 72.8 Å². The molecular weight excluding hydrogens is 348 g/mol. The number of nitrogens with zero attached hydrogens (tertiary/aromatic N) is 5. The van der Waals surface area contributed by atoms with Gasteiger partial charge in [-0.25, -0.2) is 0 Å². The Morgan fingerprint density at radius 1 is 1.22 bits per heavy atom. The second-order valence-corrected chi connectivity index (χ2v) is 5.96. The van der Waals surface area contributed by atoms with Gasteiger partial charge in [0.2, 0.25) is 5.95 Å². The van der Waals surface area contributed by atoms with E-state index in [0.717, 1.165) is 18.7 Å². The number of anilines is 1. The van der Waals surface area contributed by atoms with Crippen LogP contribution in [0.3, 0.4) is 0 Å². The summed E-state index contributed by atoms with van der Waals surface area (Å²) in [4.78, 5) is 19.7. The highest BCUT2D eigenvalue weighted by molar-refractivity contribution is 5.75. The lowest BCUT2D eigenvalue weighted by atomic mass is 10.2. The minimum absolute atomic E-state index is 0.235. The molecule has 1 aliphatic rings. The predicted octanol–water partition coefficient (Wildman–Crippen LogP) is 0.631. The third-order valence-electron chi connectivity index (χ3n) is 3.91. The van der Waals surface area contributed by atoms with Gasteiger partial charge in [0.25, 0.3) is 0 Å². The molecule has 1 aromatic heterocycles. The lowest BCUT2D eigenvalue weighted by Crippen LogP contribution is -2.37. The van der Waals surface area contributed by atoms with Crippen molar-refractivity contribution >= 4 is 12.2 Å². The van der Waals surface area contributed by atoms with E-state index < -0.39 is 0 Å². The molecular formula is C18H24N6O3. The van der Waals surface area contributed by atoms with E-state index in [-0.39, 0.29) is 11.8 Å². The molecule has 0 amide bonds. The molecule has 2 N–H and O–H groups in total. The number of benzene rings is 1. The second kappa shape index (κ2) is 9.79. The van der Waals surface area contributed by atoms with Gasteiger partial charge in [-0.2, -0.15) is 15.0 Å². The first-order valence-corrected chi connectivity index (χ1v) is 8.88. The maximum Gasteiger partial charge on any atom is 0.321 e. The van der Waals surface area contributed by atoms with E-state index in [2.05, 4.69) is 25.3 Å². The number of ether oxygens (including phenoxy) is 2. The first kappa shape index (κ1) is 19.0. The van der Waals surface area contributed by atoms with Crippen LogP contribution in [0.2, 0.25) is 0 Å². The molecule has 2 aromatic rings. The number of aromatic nitrogens is 3. The van der Waals surface area contributed by atoms with E-state index >= 15 is 0 Å². The normalized spacial score (nSPS) is 14.6. The molecule has 0 atom stereocenters. The van der Waals surface area contributed by atoms with E-state index in [0.29, 0.717) is 44.7 Å². The van der Waals surface area contributed by atoms with Crippen LogP contribution < -0.4 is 15.0 Å². The van der Waals surface area contributed by atoms with Gasteiger partial charge in [0.15, 0.2) is 5.82 Å². The monoisotopic (exact) mass is 372 g/mol. The Morgan fingerprint density at radius 3 is 2.74 bits per heavy atom. The van der Waals surface area contributed by atoms with Crippen molar-refractivity contribution in [1.82, 2.24) is 20.3 Å². The molecule has 2 heterocycles. The van der Waals surface area contributed by atoms with Gasteiger partial charge in [0.05, 0.1) is 26.0 Å². The minimum Gasteiger partial charge on any atom is -0.508 e. The topological polar surface area (TPSA) is 105 Å². The van der Waals surface area contributed by atoms with Crippen LogP contribution in [-0.2, 0) is 11.3 Å². The van der Waals surface area contributed by atoms with E-state index in [4.69, 9.17) is 9.47 Å². The molecule has 0 aliphatic carbocycles. The molecule has 0 saturated carbocycles. The smallest absolute Gasteiger partial charge is 0.321 e. The molecule has 1 aliphatic heterocycles. The average Bonchev–Trinajstić information content (AvgIpc) is 2.70. The van der Waals surface area contributed by atoms with Crippen LogP contribution in [0.25, 0.3) is 0 Å². The number of phenols is 1. The number of likely N-dealkylation sites (N-methyl/N-ethyl adjacent to an activating group) is 1. The number of phenolic OH excluding ortho intramolecular Hbond substituents is 1. The van der Waals surface area contributed by atoms with Crippen molar-refractivity contribution in [3.63, 3.8) is 0 Å². The van der Waals surface area contributed by atoms with Gasteiger partial charge in [-0.15, -0.1) is 0 Å². The van der Waals surface area contributed by atoms with E-state index in [1.54, 1.807) is 18.3 Å². The number of nitrogens with one attached hydrogen (secondary N) is 1. The molecule has 3 rings (SSSR count). The lowest BCUT2D eigenvalue weighted by molar-refractivity contribution is 0.122. The summed E-state index contributed by atoms with van der Waals surface area (Å²) in [5.74, 6) is 1.25. The zero-order chi connectivity index (χ0) is 18.9. The highest BCUT2D eigenvalue weighted by atomic mass is 16.5. The Bertz CT molecular complexity index is 747. The SMILES string of the molecule is CNCCOc1nc(C=NCc2ccc(O)cc2)nc(N2CCOCC2)n1. The summed E-state index contributed by atoms with van der Waals surface area (Å²) >= 11 is 0. The molecule has 1 saturated heterocycles. The summed E-state index contributed by atoms with van der Waals surface area (Å²) in [5.41, 5.74) is 0.983. The molecule has 0 bridgehead atoms. The second-order valence-electron chi connectivity index (χ2n) is 5.96. The molecule has 1 aromatic carbocycles. The van der Waals surface area contributed by atoms with Crippen molar-refractivity contribution in [2.75, 3.05) is 51.4 Å². The summed E-state index contributed by atoms with van der Waals surface area (Å²) in [6.07, 6.45) is 1.61. The van der Waals surface area contributed by atoms with Crippen molar-refractivity contribution in [3.8, 4) is 11.8 Å². The van der Waals surface area contributed by atoms with Crippen molar-refractivity contribution < 1.29 is 14.6 Å². The van der Waals surface area contributed by atoms with Crippen molar-refractivity contribution in [3.05, 3.63) is 35.7 Å². The Hall–Kier alpha value is -2.78. The number of hydrogen-bond acceptors (Lipinski definition) is 9. The zero-order valence-electron chi connectivity index (χ0n) is 15.3. The highest BCUT2D eigenvalue weighted by Gasteiger charge is 2.16. The number of hydrogen-bond donors (Lipinski definition) is 2. The van der Waals surface area contributed by atoms with Gasteiger partial charge in [-0.3, -0.25) is 4.99 Å². The van der Waals surface area contributed by atoms with Crippen LogP contribution >= 0.6 is 0 Å². The number of rotatable bonds is 8. The molecule has 27 heavy (non-hydrogen) atoms. The molecule has 1 fully saturated rings. The van der Waals surface area contributed by atoms with Gasteiger partial charge >= 0.3 is 6.01 Å². The summed E-state index contributed by atoms with van der Waals surface area (Å²) in [7, 11) is 1.86. The van der Waals surface area contributed by atoms with Crippen LogP contribution in [0.5, 0.6) is 11.8 Å². The maximum absolute atomic E-state index is 9.34. The van der Waals surface area contributed by atoms with E-state index in [9.17, 15) is 5.11 Å². The van der Waals surface area contributed by atoms with Gasteiger partial charge in [0, 0.05) is 19.6 Å². The predicted molar refractivity (Wildman–Crippen MR) is 102 cm³/mol. The van der Waals surface area contributed by atoms with Gasteiger partial charge in [-0.1, -0.05) is 12.1 Å². The standard InChI is InChI=1S/C18H24N6O3/c1-19-6-9-27-18-22-16(13-20-12-14-2-4-15(25)5-3-14)21-17(23-18)24-7-10-26-11-8-24/h2-5,13,19,25H,6-12H2,1H3. The Morgan fingerprint density at radius 2 is 2.00 bits per heavy atom. The first-order chi connectivity index (χ1) is 13.2. The highest BCUT2D eigenvalue weighted by Crippen LogP contribution is 2.14. The van der Waals surface area contributed by atoms with Crippen LogP contribution in [0.4, 0.5) is 5.95 Å². The molecule has 9 heteroatoms. The zero-order valence-corrected chi connectivity index (χ0v) is 15.3. The van der Waals surface area contributed by atoms with Crippen LogP contribution in [0, 0.1) is 0 Å². The molecule has 144 valence electrons. The van der Waals surface area contributed by atoms with E-state index in [1.807, 2.05) is 24.1 Å². The number of aromatic hydroxyl groups is 1. The third kappa shape index (κ3) is 5.87. The van der Waals surface area contributed by atoms with Crippen molar-refractivity contribution in [2.24, 2.45) is 4.99 Å². The van der Waals surface area contributed by atoms with E-state index in [1.165, 1.54) is 0 Å². The van der Waals surface area contributed by atoms with Gasteiger partial charge in [0.1, 0.15) is 12.4 Å². The minimum atomic E-state index is 0.235. The van der Waals surface area contributed by atoms with Crippen molar-refractivity contribution in [2.45, 2.75) is 6.54 Å². The Balaban J connectivity index is 1.73. The lowest BCUT2D eigenvalue weighted by Gasteiger charge is -2.26. The summed E-state index contributed by atoms with van der Waals surface area (Å²) < 4.78 is 11.0. The Labute approximate surface area is 158 Å². The largest absolute Gasteiger partial charge is 0.508 e. The average molecular weight is 372 g/mol. The van der Waals surface area contributed by atoms with Gasteiger partial charge < -0.3 is 24.8 Å². The Kier molecular flexibility index (Phi) is 6.89. The molecule has 0 unspecified atom stereocenters. The third-order valence-corrected chi connectivity index (χ3v) is 3.91. The first-order valence-electron chi connectivity index (χ1n) is 8.88. The molecule has 9 nitrogen and oxygen atoms in total.